The second-order valence-corrected chi connectivity index (χ2v) is 5.43. The van der Waals surface area contributed by atoms with Gasteiger partial charge in [-0.2, -0.15) is 0 Å². The van der Waals surface area contributed by atoms with E-state index < -0.39 is 23.7 Å². The number of imide groups is 1. The fourth-order valence-electron chi connectivity index (χ4n) is 2.55. The van der Waals surface area contributed by atoms with Gasteiger partial charge in [0, 0.05) is 13.1 Å². The molecule has 1 aromatic rings. The highest BCUT2D eigenvalue weighted by Crippen LogP contribution is 2.22. The maximum atomic E-state index is 12.5. The van der Waals surface area contributed by atoms with E-state index in [0.29, 0.717) is 11.1 Å². The molecule has 0 unspecified atom stereocenters. The number of nitrogens with zero attached hydrogens (tertiary/aromatic N) is 2. The Morgan fingerprint density at radius 2 is 1.80 bits per heavy atom. The summed E-state index contributed by atoms with van der Waals surface area (Å²) in [4.78, 5) is 50.9. The smallest absolute Gasteiger partial charge is 0.307 e. The molecular weight excluding hydrogens is 324 g/mol. The average Bonchev–Trinajstić information content (AvgIpc) is 2.84. The monoisotopic (exact) mass is 344 g/mol. The molecule has 1 aromatic carbocycles. The minimum Gasteiger partial charge on any atom is -0.466 e. The topological polar surface area (TPSA) is 84.0 Å². The lowest BCUT2D eigenvalue weighted by molar-refractivity contribution is -0.144. The summed E-state index contributed by atoms with van der Waals surface area (Å²) in [5.41, 5.74) is 0.587. The van der Waals surface area contributed by atoms with Crippen LogP contribution >= 0.6 is 0 Å². The molecule has 0 atom stereocenters. The molecule has 2 rings (SSSR count). The Labute approximate surface area is 145 Å². The maximum absolute atomic E-state index is 12.5. The first-order valence-electron chi connectivity index (χ1n) is 7.99. The second-order valence-electron chi connectivity index (χ2n) is 5.43. The van der Waals surface area contributed by atoms with E-state index in [1.807, 2.05) is 0 Å². The first-order valence-corrected chi connectivity index (χ1v) is 7.99. The summed E-state index contributed by atoms with van der Waals surface area (Å²) in [5.74, 6) is -1.82. The summed E-state index contributed by atoms with van der Waals surface area (Å²) < 4.78 is 4.84. The van der Waals surface area contributed by atoms with E-state index in [1.54, 1.807) is 31.2 Å². The molecule has 1 heterocycles. The number of hydrogen-bond donors (Lipinski definition) is 0. The van der Waals surface area contributed by atoms with Gasteiger partial charge in [-0.1, -0.05) is 18.2 Å². The van der Waals surface area contributed by atoms with Gasteiger partial charge in [-0.3, -0.25) is 24.1 Å². The molecule has 0 saturated carbocycles. The van der Waals surface area contributed by atoms with Crippen LogP contribution in [0.25, 0.3) is 0 Å². The van der Waals surface area contributed by atoms with Crippen molar-refractivity contribution in [3.05, 3.63) is 48.0 Å². The van der Waals surface area contributed by atoms with Gasteiger partial charge < -0.3 is 9.64 Å². The number of rotatable bonds is 8. The number of carbonyl (C=O) groups excluding carboxylic acids is 4. The molecule has 0 bridgehead atoms. The van der Waals surface area contributed by atoms with Crippen LogP contribution in [0, 0.1) is 0 Å². The van der Waals surface area contributed by atoms with Gasteiger partial charge in [0.2, 0.25) is 5.91 Å². The van der Waals surface area contributed by atoms with Gasteiger partial charge in [0.1, 0.15) is 6.54 Å². The summed E-state index contributed by atoms with van der Waals surface area (Å²) in [7, 11) is 0. The van der Waals surface area contributed by atoms with E-state index in [1.165, 1.54) is 11.0 Å². The van der Waals surface area contributed by atoms with E-state index in [2.05, 4.69) is 6.58 Å². The van der Waals surface area contributed by atoms with Crippen molar-refractivity contribution in [2.75, 3.05) is 26.2 Å². The highest BCUT2D eigenvalue weighted by Gasteiger charge is 2.36. The van der Waals surface area contributed by atoms with Gasteiger partial charge in [-0.15, -0.1) is 6.58 Å². The van der Waals surface area contributed by atoms with Crippen LogP contribution in [0.5, 0.6) is 0 Å². The molecule has 132 valence electrons. The first kappa shape index (κ1) is 18.4. The van der Waals surface area contributed by atoms with E-state index in [0.717, 1.165) is 4.90 Å². The van der Waals surface area contributed by atoms with Crippen molar-refractivity contribution < 1.29 is 23.9 Å². The Kier molecular flexibility index (Phi) is 6.05. The Morgan fingerprint density at radius 3 is 2.32 bits per heavy atom. The number of benzene rings is 1. The Bertz CT molecular complexity index is 678. The summed E-state index contributed by atoms with van der Waals surface area (Å²) in [6.45, 7) is 5.52. The predicted molar refractivity (Wildman–Crippen MR) is 89.8 cm³/mol. The van der Waals surface area contributed by atoms with Crippen LogP contribution in [0.3, 0.4) is 0 Å². The minimum absolute atomic E-state index is 0.0372. The van der Waals surface area contributed by atoms with E-state index in [-0.39, 0.29) is 32.7 Å². The molecule has 0 radical (unpaired) electrons. The predicted octanol–water partition coefficient (Wildman–Crippen LogP) is 1.25. The summed E-state index contributed by atoms with van der Waals surface area (Å²) in [6, 6.07) is 6.45. The molecule has 0 aliphatic carbocycles. The largest absolute Gasteiger partial charge is 0.466 e. The molecule has 25 heavy (non-hydrogen) atoms. The van der Waals surface area contributed by atoms with Gasteiger partial charge >= 0.3 is 5.97 Å². The van der Waals surface area contributed by atoms with Crippen molar-refractivity contribution >= 4 is 23.7 Å². The second kappa shape index (κ2) is 8.23. The Morgan fingerprint density at radius 1 is 1.20 bits per heavy atom. The molecule has 7 heteroatoms. The quantitative estimate of drug-likeness (QED) is 0.403. The SMILES string of the molecule is C=CCN(CCC(=O)OCC)C(=O)CN1C(=O)c2ccccc2C1=O. The normalized spacial score (nSPS) is 12.8. The summed E-state index contributed by atoms with van der Waals surface area (Å²) >= 11 is 0. The minimum atomic E-state index is -0.488. The van der Waals surface area contributed by atoms with Gasteiger partial charge in [0.15, 0.2) is 0 Å². The molecule has 0 saturated heterocycles. The number of carbonyl (C=O) groups is 4. The molecular formula is C18H20N2O5. The molecule has 1 aliphatic heterocycles. The van der Waals surface area contributed by atoms with Crippen LogP contribution in [0.15, 0.2) is 36.9 Å². The highest BCUT2D eigenvalue weighted by molar-refractivity contribution is 6.22. The van der Waals surface area contributed by atoms with Crippen molar-refractivity contribution in [2.45, 2.75) is 13.3 Å². The summed E-state index contributed by atoms with van der Waals surface area (Å²) in [5, 5.41) is 0. The van der Waals surface area contributed by atoms with Crippen LogP contribution in [-0.4, -0.2) is 59.7 Å². The fourth-order valence-corrected chi connectivity index (χ4v) is 2.55. The fraction of sp³-hybridized carbons (Fsp3) is 0.333. The number of ether oxygens (including phenoxy) is 1. The van der Waals surface area contributed by atoms with Crippen molar-refractivity contribution in [1.82, 2.24) is 9.80 Å². The molecule has 0 aromatic heterocycles. The van der Waals surface area contributed by atoms with Crippen LogP contribution in [0.4, 0.5) is 0 Å². The van der Waals surface area contributed by atoms with Crippen LogP contribution in [-0.2, 0) is 14.3 Å². The molecule has 7 nitrogen and oxygen atoms in total. The Hall–Kier alpha value is -2.96. The van der Waals surface area contributed by atoms with Crippen molar-refractivity contribution in [3.63, 3.8) is 0 Å². The van der Waals surface area contributed by atoms with Gasteiger partial charge in [0.25, 0.3) is 11.8 Å². The molecule has 0 fully saturated rings. The molecule has 0 spiro atoms. The number of fused-ring (bicyclic) bond motifs is 1. The average molecular weight is 344 g/mol. The zero-order valence-electron chi connectivity index (χ0n) is 14.1. The first-order chi connectivity index (χ1) is 12.0. The van der Waals surface area contributed by atoms with E-state index in [4.69, 9.17) is 4.74 Å². The number of amides is 3. The summed E-state index contributed by atoms with van der Waals surface area (Å²) in [6.07, 6.45) is 1.56. The number of hydrogen-bond acceptors (Lipinski definition) is 5. The Balaban J connectivity index is 2.03. The third-order valence-electron chi connectivity index (χ3n) is 3.76. The standard InChI is InChI=1S/C18H20N2O5/c1-3-10-19(11-9-16(22)25-4-2)15(21)12-20-17(23)13-7-5-6-8-14(13)18(20)24/h3,5-8H,1,4,9-12H2,2H3. The van der Waals surface area contributed by atoms with Crippen molar-refractivity contribution in [2.24, 2.45) is 0 Å². The lowest BCUT2D eigenvalue weighted by Gasteiger charge is -2.23. The van der Waals surface area contributed by atoms with Gasteiger partial charge in [0.05, 0.1) is 24.2 Å². The van der Waals surface area contributed by atoms with Crippen LogP contribution < -0.4 is 0 Å². The van der Waals surface area contributed by atoms with Crippen molar-refractivity contribution in [1.29, 1.82) is 0 Å². The van der Waals surface area contributed by atoms with Crippen LogP contribution in [0.2, 0.25) is 0 Å². The third kappa shape index (κ3) is 4.12. The zero-order chi connectivity index (χ0) is 18.4. The van der Waals surface area contributed by atoms with Gasteiger partial charge in [-0.05, 0) is 19.1 Å². The number of esters is 1. The molecule has 1 aliphatic rings. The lowest BCUT2D eigenvalue weighted by Crippen LogP contribution is -2.43. The highest BCUT2D eigenvalue weighted by atomic mass is 16.5. The van der Waals surface area contributed by atoms with Crippen molar-refractivity contribution in [3.8, 4) is 0 Å². The van der Waals surface area contributed by atoms with Gasteiger partial charge in [-0.25, -0.2) is 0 Å². The lowest BCUT2D eigenvalue weighted by atomic mass is 10.1. The third-order valence-corrected chi connectivity index (χ3v) is 3.76. The molecule has 0 N–H and O–H groups in total. The van der Waals surface area contributed by atoms with E-state index in [9.17, 15) is 19.2 Å². The maximum Gasteiger partial charge on any atom is 0.307 e. The van der Waals surface area contributed by atoms with E-state index >= 15 is 0 Å². The molecule has 3 amide bonds. The van der Waals surface area contributed by atoms with Crippen LogP contribution in [0.1, 0.15) is 34.1 Å². The zero-order valence-corrected chi connectivity index (χ0v) is 14.1.